The van der Waals surface area contributed by atoms with Crippen LogP contribution >= 0.6 is 11.8 Å². The lowest BCUT2D eigenvalue weighted by Crippen LogP contribution is -2.26. The number of hydrogen-bond donors (Lipinski definition) is 0. The second-order valence-corrected chi connectivity index (χ2v) is 6.15. The second-order valence-electron chi connectivity index (χ2n) is 2.90. The minimum absolute atomic E-state index is 0.296. The number of amides is 2. The summed E-state index contributed by atoms with van der Waals surface area (Å²) in [7, 11) is -0.406. The lowest BCUT2D eigenvalue weighted by Gasteiger charge is -2.09. The fraction of sp³-hybridized carbons (Fsp3) is 0.714. The Kier molecular flexibility index (Phi) is 5.16. The van der Waals surface area contributed by atoms with Crippen molar-refractivity contribution in [1.29, 1.82) is 0 Å². The van der Waals surface area contributed by atoms with Gasteiger partial charge in [-0.15, -0.1) is 0 Å². The molecule has 0 rings (SSSR count). The predicted molar refractivity (Wildman–Crippen MR) is 50.3 cm³/mol. The molecule has 0 atom stereocenters. The zero-order valence-electron chi connectivity index (χ0n) is 7.56. The van der Waals surface area contributed by atoms with Crippen molar-refractivity contribution in [2.24, 2.45) is 0 Å². The van der Waals surface area contributed by atoms with E-state index in [1.807, 2.05) is 0 Å². The largest absolute Gasteiger partial charge is 0.273 e. The zero-order valence-corrected chi connectivity index (χ0v) is 9.31. The molecule has 2 amide bonds. The molecule has 0 bridgehead atoms. The molecule has 0 spiro atoms. The van der Waals surface area contributed by atoms with Gasteiger partial charge in [-0.3, -0.25) is 9.59 Å². The van der Waals surface area contributed by atoms with Gasteiger partial charge in [0.25, 0.3) is 0 Å². The molecule has 0 aromatic rings. The minimum atomic E-state index is -0.414. The Bertz CT molecular complexity index is 184. The lowest BCUT2D eigenvalue weighted by atomic mass is 10.4. The molecule has 12 heavy (non-hydrogen) atoms. The maximum absolute atomic E-state index is 11.1. The highest BCUT2D eigenvalue weighted by Gasteiger charge is 2.15. The number of imide groups is 1. The van der Waals surface area contributed by atoms with Crippen LogP contribution < -0.4 is 0 Å². The average Bonchev–Trinajstić information content (AvgIpc) is 1.98. The van der Waals surface area contributed by atoms with Crippen LogP contribution in [0.3, 0.4) is 0 Å². The summed E-state index contributed by atoms with van der Waals surface area (Å²) in [5, 5.41) is 0. The van der Waals surface area contributed by atoms with Crippen LogP contribution in [0.2, 0.25) is 19.1 Å². The number of carbonyl (C=O) groups is 2. The van der Waals surface area contributed by atoms with Crippen LogP contribution in [0.1, 0.15) is 13.3 Å². The molecule has 0 aliphatic rings. The van der Waals surface area contributed by atoms with Crippen molar-refractivity contribution < 1.29 is 9.59 Å². The van der Waals surface area contributed by atoms with Crippen LogP contribution in [0.5, 0.6) is 0 Å². The molecule has 0 unspecified atom stereocenters. The fourth-order valence-electron chi connectivity index (χ4n) is 0.631. The molecule has 0 saturated carbocycles. The van der Waals surface area contributed by atoms with Crippen molar-refractivity contribution in [3.63, 3.8) is 0 Å². The normalized spacial score (nSPS) is 10.1. The van der Waals surface area contributed by atoms with Crippen molar-refractivity contribution in [1.82, 2.24) is 4.42 Å². The number of halogens is 1. The minimum Gasteiger partial charge on any atom is -0.273 e. The molecule has 5 heteroatoms. The Morgan fingerprint density at radius 3 is 2.25 bits per heavy atom. The molecule has 0 aromatic carbocycles. The standard InChI is InChI=1S/C7H13ClNO2Si/c1-6(10)9(8)7(11)4-5-12(2)3/h4-5H2,1-3H3. The van der Waals surface area contributed by atoms with E-state index in [1.54, 1.807) is 0 Å². The van der Waals surface area contributed by atoms with Crippen molar-refractivity contribution in [2.45, 2.75) is 32.5 Å². The molecule has 3 nitrogen and oxygen atoms in total. The van der Waals surface area contributed by atoms with Crippen LogP contribution in [0.4, 0.5) is 0 Å². The Morgan fingerprint density at radius 1 is 1.42 bits per heavy atom. The highest BCUT2D eigenvalue weighted by Crippen LogP contribution is 2.04. The van der Waals surface area contributed by atoms with Crippen molar-refractivity contribution in [3.8, 4) is 0 Å². The van der Waals surface area contributed by atoms with Crippen molar-refractivity contribution in [2.75, 3.05) is 0 Å². The molecule has 0 aliphatic heterocycles. The SMILES string of the molecule is CC(=O)N(Cl)C(=O)CC[Si](C)C. The van der Waals surface area contributed by atoms with E-state index in [0.29, 0.717) is 10.8 Å². The average molecular weight is 207 g/mol. The summed E-state index contributed by atoms with van der Waals surface area (Å²) in [5.41, 5.74) is 0. The summed E-state index contributed by atoms with van der Waals surface area (Å²) in [5.74, 6) is -0.710. The monoisotopic (exact) mass is 206 g/mol. The fourth-order valence-corrected chi connectivity index (χ4v) is 1.43. The Hall–Kier alpha value is -0.353. The molecule has 0 heterocycles. The van der Waals surface area contributed by atoms with Crippen LogP contribution in [-0.2, 0) is 9.59 Å². The molecule has 0 N–H and O–H groups in total. The zero-order chi connectivity index (χ0) is 9.72. The Morgan fingerprint density at radius 2 is 1.92 bits per heavy atom. The van der Waals surface area contributed by atoms with Gasteiger partial charge in [0, 0.05) is 33.9 Å². The van der Waals surface area contributed by atoms with Gasteiger partial charge < -0.3 is 0 Å². The first kappa shape index (κ1) is 11.6. The van der Waals surface area contributed by atoms with E-state index >= 15 is 0 Å². The van der Waals surface area contributed by atoms with Crippen LogP contribution in [0, 0.1) is 0 Å². The van der Waals surface area contributed by atoms with Gasteiger partial charge in [-0.2, -0.15) is 4.42 Å². The van der Waals surface area contributed by atoms with E-state index in [1.165, 1.54) is 6.92 Å². The van der Waals surface area contributed by atoms with Gasteiger partial charge in [-0.25, -0.2) is 0 Å². The highest BCUT2D eigenvalue weighted by atomic mass is 35.5. The van der Waals surface area contributed by atoms with Gasteiger partial charge >= 0.3 is 0 Å². The smallest absolute Gasteiger partial charge is 0.243 e. The summed E-state index contributed by atoms with van der Waals surface area (Å²) in [6.07, 6.45) is 0.379. The maximum atomic E-state index is 11.1. The molecule has 69 valence electrons. The van der Waals surface area contributed by atoms with E-state index < -0.39 is 14.7 Å². The molecule has 0 aliphatic carbocycles. The number of rotatable bonds is 3. The molecule has 0 fully saturated rings. The first-order valence-electron chi connectivity index (χ1n) is 3.73. The van der Waals surface area contributed by atoms with Gasteiger partial charge in [-0.1, -0.05) is 19.1 Å². The molecular formula is C7H13ClNO2Si. The Labute approximate surface area is 79.4 Å². The van der Waals surface area contributed by atoms with Gasteiger partial charge in [0.1, 0.15) is 0 Å². The third-order valence-electron chi connectivity index (χ3n) is 1.33. The molecule has 0 aromatic heterocycles. The molecular weight excluding hydrogens is 194 g/mol. The molecule has 1 radical (unpaired) electrons. The van der Waals surface area contributed by atoms with E-state index in [-0.39, 0.29) is 5.91 Å². The first-order valence-corrected chi connectivity index (χ1v) is 6.78. The van der Waals surface area contributed by atoms with E-state index in [4.69, 9.17) is 11.8 Å². The van der Waals surface area contributed by atoms with Gasteiger partial charge in [-0.05, 0) is 0 Å². The van der Waals surface area contributed by atoms with Crippen molar-refractivity contribution >= 4 is 32.4 Å². The third-order valence-corrected chi connectivity index (χ3v) is 3.01. The summed E-state index contributed by atoms with van der Waals surface area (Å²) >= 11 is 5.40. The molecule has 0 saturated heterocycles. The lowest BCUT2D eigenvalue weighted by molar-refractivity contribution is -0.137. The highest BCUT2D eigenvalue weighted by molar-refractivity contribution is 6.56. The summed E-state index contributed by atoms with van der Waals surface area (Å²) < 4.78 is 0.658. The van der Waals surface area contributed by atoms with E-state index in [9.17, 15) is 9.59 Å². The summed E-state index contributed by atoms with van der Waals surface area (Å²) in [6.45, 7) is 5.50. The Balaban J connectivity index is 3.80. The predicted octanol–water partition coefficient (Wildman–Crippen LogP) is 1.66. The van der Waals surface area contributed by atoms with Crippen LogP contribution in [-0.4, -0.2) is 25.0 Å². The van der Waals surface area contributed by atoms with Gasteiger partial charge in [0.2, 0.25) is 11.8 Å². The number of hydrogen-bond acceptors (Lipinski definition) is 2. The van der Waals surface area contributed by atoms with E-state index in [0.717, 1.165) is 6.04 Å². The van der Waals surface area contributed by atoms with Crippen LogP contribution in [0.15, 0.2) is 0 Å². The summed E-state index contributed by atoms with van der Waals surface area (Å²) in [6, 6.07) is 0.861. The van der Waals surface area contributed by atoms with Gasteiger partial charge in [0.05, 0.1) is 0 Å². The van der Waals surface area contributed by atoms with Crippen LogP contribution in [0.25, 0.3) is 0 Å². The first-order chi connectivity index (χ1) is 5.45. The topological polar surface area (TPSA) is 37.4 Å². The third kappa shape index (κ3) is 4.51. The van der Waals surface area contributed by atoms with E-state index in [2.05, 4.69) is 13.1 Å². The summed E-state index contributed by atoms with van der Waals surface area (Å²) in [4.78, 5) is 21.7. The number of carbonyl (C=O) groups excluding carboxylic acids is 2. The van der Waals surface area contributed by atoms with Gasteiger partial charge in [0.15, 0.2) is 0 Å². The quantitative estimate of drug-likeness (QED) is 0.520. The maximum Gasteiger partial charge on any atom is 0.243 e. The van der Waals surface area contributed by atoms with Crippen molar-refractivity contribution in [3.05, 3.63) is 0 Å². The number of nitrogens with zero attached hydrogens (tertiary/aromatic N) is 1. The second kappa shape index (κ2) is 5.32.